The van der Waals surface area contributed by atoms with E-state index in [1.54, 1.807) is 22.9 Å². The van der Waals surface area contributed by atoms with Crippen molar-refractivity contribution in [2.24, 2.45) is 0 Å². The molecule has 0 saturated heterocycles. The van der Waals surface area contributed by atoms with E-state index in [4.69, 9.17) is 0 Å². The average molecular weight is 345 g/mol. The summed E-state index contributed by atoms with van der Waals surface area (Å²) in [4.78, 5) is 16.7. The molecule has 6 nitrogen and oxygen atoms in total. The summed E-state index contributed by atoms with van der Waals surface area (Å²) in [6, 6.07) is 17.4. The number of rotatable bonds is 5. The van der Waals surface area contributed by atoms with Crippen molar-refractivity contribution in [3.8, 4) is 5.69 Å². The van der Waals surface area contributed by atoms with Crippen molar-refractivity contribution in [2.45, 2.75) is 19.5 Å². The van der Waals surface area contributed by atoms with Crippen LogP contribution in [-0.2, 0) is 6.54 Å². The number of fused-ring (bicyclic) bond motifs is 1. The van der Waals surface area contributed by atoms with Gasteiger partial charge in [-0.3, -0.25) is 9.20 Å². The highest BCUT2D eigenvalue weighted by Crippen LogP contribution is 2.15. The van der Waals surface area contributed by atoms with Gasteiger partial charge in [0.2, 0.25) is 0 Å². The molecular weight excluding hydrogens is 326 g/mol. The molecule has 0 aliphatic heterocycles. The number of aromatic nitrogens is 4. The maximum absolute atomic E-state index is 12.2. The van der Waals surface area contributed by atoms with Crippen molar-refractivity contribution in [2.75, 3.05) is 0 Å². The SMILES string of the molecule is C[C@H](NCc1cc(=O)n2ccccc2n1)c1ccc(-n2cccn2)cc1. The monoisotopic (exact) mass is 345 g/mol. The molecule has 0 radical (unpaired) electrons. The van der Waals surface area contributed by atoms with Gasteiger partial charge in [-0.15, -0.1) is 0 Å². The van der Waals surface area contributed by atoms with Crippen LogP contribution in [0.25, 0.3) is 11.3 Å². The van der Waals surface area contributed by atoms with Crippen LogP contribution in [0.2, 0.25) is 0 Å². The van der Waals surface area contributed by atoms with Crippen LogP contribution in [0.15, 0.2) is 78.0 Å². The average Bonchev–Trinajstić information content (AvgIpc) is 3.21. The van der Waals surface area contributed by atoms with Crippen molar-refractivity contribution >= 4 is 5.65 Å². The number of hydrogen-bond donors (Lipinski definition) is 1. The third-order valence-electron chi connectivity index (χ3n) is 4.38. The topological polar surface area (TPSA) is 64.2 Å². The molecule has 130 valence electrons. The summed E-state index contributed by atoms with van der Waals surface area (Å²) >= 11 is 0. The van der Waals surface area contributed by atoms with Crippen LogP contribution in [0.4, 0.5) is 0 Å². The van der Waals surface area contributed by atoms with Crippen LogP contribution in [0.1, 0.15) is 24.2 Å². The predicted octanol–water partition coefficient (Wildman–Crippen LogP) is 2.73. The summed E-state index contributed by atoms with van der Waals surface area (Å²) in [6.45, 7) is 2.62. The number of nitrogens with zero attached hydrogens (tertiary/aromatic N) is 4. The molecule has 6 heteroatoms. The molecule has 3 aromatic heterocycles. The Bertz CT molecular complexity index is 1070. The summed E-state index contributed by atoms with van der Waals surface area (Å²) in [5.41, 5.74) is 3.52. The van der Waals surface area contributed by atoms with E-state index in [1.807, 2.05) is 47.3 Å². The second-order valence-electron chi connectivity index (χ2n) is 6.16. The normalized spacial score (nSPS) is 12.3. The minimum Gasteiger partial charge on any atom is -0.305 e. The van der Waals surface area contributed by atoms with Gasteiger partial charge in [-0.1, -0.05) is 18.2 Å². The summed E-state index contributed by atoms with van der Waals surface area (Å²) in [5.74, 6) is 0. The number of pyridine rings is 1. The lowest BCUT2D eigenvalue weighted by atomic mass is 10.1. The molecule has 0 saturated carbocycles. The number of benzene rings is 1. The van der Waals surface area contributed by atoms with Crippen molar-refractivity contribution in [3.63, 3.8) is 0 Å². The van der Waals surface area contributed by atoms with Gasteiger partial charge < -0.3 is 5.32 Å². The fourth-order valence-corrected chi connectivity index (χ4v) is 2.91. The molecule has 3 heterocycles. The second kappa shape index (κ2) is 6.93. The highest BCUT2D eigenvalue weighted by atomic mass is 16.1. The lowest BCUT2D eigenvalue weighted by Crippen LogP contribution is -2.22. The molecule has 0 aliphatic carbocycles. The molecule has 0 bridgehead atoms. The third kappa shape index (κ3) is 3.27. The fraction of sp³-hybridized carbons (Fsp3) is 0.150. The molecule has 0 aliphatic rings. The molecule has 0 unspecified atom stereocenters. The Morgan fingerprint density at radius 3 is 2.69 bits per heavy atom. The second-order valence-corrected chi connectivity index (χ2v) is 6.16. The molecule has 1 aromatic carbocycles. The Morgan fingerprint density at radius 2 is 1.92 bits per heavy atom. The predicted molar refractivity (Wildman–Crippen MR) is 100 cm³/mol. The van der Waals surface area contributed by atoms with Crippen LogP contribution in [0.5, 0.6) is 0 Å². The molecule has 1 atom stereocenters. The maximum atomic E-state index is 12.2. The Kier molecular flexibility index (Phi) is 4.33. The minimum atomic E-state index is -0.0661. The summed E-state index contributed by atoms with van der Waals surface area (Å²) in [7, 11) is 0. The molecule has 0 fully saturated rings. The molecular formula is C20H19N5O. The van der Waals surface area contributed by atoms with Gasteiger partial charge in [0, 0.05) is 37.2 Å². The lowest BCUT2D eigenvalue weighted by molar-refractivity contribution is 0.567. The minimum absolute atomic E-state index is 0.0661. The summed E-state index contributed by atoms with van der Waals surface area (Å²) in [6.07, 6.45) is 5.41. The first-order valence-corrected chi connectivity index (χ1v) is 8.51. The Hall–Kier alpha value is -3.25. The quantitative estimate of drug-likeness (QED) is 0.604. The summed E-state index contributed by atoms with van der Waals surface area (Å²) in [5, 5.41) is 7.66. The van der Waals surface area contributed by atoms with Crippen LogP contribution in [0, 0.1) is 0 Å². The van der Waals surface area contributed by atoms with Crippen molar-refractivity contribution in [1.82, 2.24) is 24.5 Å². The molecule has 4 aromatic rings. The van der Waals surface area contributed by atoms with E-state index in [-0.39, 0.29) is 11.6 Å². The standard InChI is InChI=1S/C20H19N5O/c1-15(16-6-8-18(9-7-16)25-12-4-10-22-25)21-14-17-13-20(26)24-11-3-2-5-19(24)23-17/h2-13,15,21H,14H2,1H3/t15-/m0/s1. The van der Waals surface area contributed by atoms with E-state index in [9.17, 15) is 4.79 Å². The van der Waals surface area contributed by atoms with Crippen LogP contribution < -0.4 is 10.9 Å². The Morgan fingerprint density at radius 1 is 1.08 bits per heavy atom. The van der Waals surface area contributed by atoms with Gasteiger partial charge in [-0.05, 0) is 42.8 Å². The van der Waals surface area contributed by atoms with Gasteiger partial charge in [0.25, 0.3) is 5.56 Å². The Labute approximate surface area is 150 Å². The van der Waals surface area contributed by atoms with Gasteiger partial charge in [-0.2, -0.15) is 5.10 Å². The third-order valence-corrected chi connectivity index (χ3v) is 4.38. The lowest BCUT2D eigenvalue weighted by Gasteiger charge is -2.15. The summed E-state index contributed by atoms with van der Waals surface area (Å²) < 4.78 is 3.37. The smallest absolute Gasteiger partial charge is 0.258 e. The molecule has 1 N–H and O–H groups in total. The molecule has 26 heavy (non-hydrogen) atoms. The van der Waals surface area contributed by atoms with Crippen molar-refractivity contribution in [1.29, 1.82) is 0 Å². The van der Waals surface area contributed by atoms with Gasteiger partial charge in [-0.25, -0.2) is 9.67 Å². The van der Waals surface area contributed by atoms with E-state index in [2.05, 4.69) is 34.5 Å². The van der Waals surface area contributed by atoms with E-state index in [0.717, 1.165) is 11.4 Å². The van der Waals surface area contributed by atoms with Crippen LogP contribution in [0.3, 0.4) is 0 Å². The first kappa shape index (κ1) is 16.2. The number of nitrogens with one attached hydrogen (secondary N) is 1. The first-order valence-electron chi connectivity index (χ1n) is 8.51. The van der Waals surface area contributed by atoms with E-state index in [1.165, 1.54) is 5.56 Å². The van der Waals surface area contributed by atoms with E-state index < -0.39 is 0 Å². The van der Waals surface area contributed by atoms with Crippen molar-refractivity contribution < 1.29 is 0 Å². The molecule has 4 rings (SSSR count). The van der Waals surface area contributed by atoms with Gasteiger partial charge >= 0.3 is 0 Å². The number of hydrogen-bond acceptors (Lipinski definition) is 4. The first-order chi connectivity index (χ1) is 12.7. The van der Waals surface area contributed by atoms with E-state index >= 15 is 0 Å². The molecule has 0 amide bonds. The van der Waals surface area contributed by atoms with Gasteiger partial charge in [0.15, 0.2) is 0 Å². The Balaban J connectivity index is 1.47. The highest BCUT2D eigenvalue weighted by molar-refractivity contribution is 5.38. The zero-order valence-electron chi connectivity index (χ0n) is 14.4. The van der Waals surface area contributed by atoms with E-state index in [0.29, 0.717) is 12.2 Å². The van der Waals surface area contributed by atoms with Crippen LogP contribution >= 0.6 is 0 Å². The van der Waals surface area contributed by atoms with Crippen molar-refractivity contribution in [3.05, 3.63) is 94.8 Å². The zero-order valence-corrected chi connectivity index (χ0v) is 14.4. The van der Waals surface area contributed by atoms with Gasteiger partial charge in [0.05, 0.1) is 11.4 Å². The fourth-order valence-electron chi connectivity index (χ4n) is 2.91. The largest absolute Gasteiger partial charge is 0.305 e. The molecule has 0 spiro atoms. The zero-order chi connectivity index (χ0) is 17.9. The highest BCUT2D eigenvalue weighted by Gasteiger charge is 2.07. The van der Waals surface area contributed by atoms with Gasteiger partial charge in [0.1, 0.15) is 5.65 Å². The van der Waals surface area contributed by atoms with Crippen LogP contribution in [-0.4, -0.2) is 19.2 Å². The maximum Gasteiger partial charge on any atom is 0.258 e.